The minimum atomic E-state index is -1.84. The number of nitrogens with one attached hydrogen (secondary N) is 1. The first-order valence-corrected chi connectivity index (χ1v) is 2.84. The zero-order valence-corrected chi connectivity index (χ0v) is 5.64. The zero-order chi connectivity index (χ0) is 9.02. The fourth-order valence-corrected chi connectivity index (χ4v) is 0.454. The van der Waals surface area contributed by atoms with Crippen molar-refractivity contribution in [2.24, 2.45) is 5.73 Å². The number of primary amides is 1. The Labute approximate surface area is 62.8 Å². The van der Waals surface area contributed by atoms with Gasteiger partial charge in [0.15, 0.2) is 6.10 Å². The first kappa shape index (κ1) is 10.0. The second-order valence-corrected chi connectivity index (χ2v) is 2.00. The molecule has 0 aliphatic rings. The minimum Gasteiger partial charge on any atom is -0.387 e. The smallest absolute Gasteiger partial charge is 0.249 e. The molecule has 0 aliphatic carbocycles. The molecule has 0 saturated carbocycles. The summed E-state index contributed by atoms with van der Waals surface area (Å²) in [6.07, 6.45) is -4.65. The van der Waals surface area contributed by atoms with Gasteiger partial charge in [-0.25, -0.2) is 0 Å². The second kappa shape index (κ2) is 4.02. The number of carbonyl (C=O) groups is 1. The van der Waals surface area contributed by atoms with E-state index in [9.17, 15) is 4.79 Å². The first-order valence-electron chi connectivity index (χ1n) is 2.84. The van der Waals surface area contributed by atoms with E-state index in [1.54, 1.807) is 0 Å². The van der Waals surface area contributed by atoms with Crippen LogP contribution in [-0.2, 0) is 4.79 Å². The van der Waals surface area contributed by atoms with E-state index in [1.165, 1.54) is 0 Å². The summed E-state index contributed by atoms with van der Waals surface area (Å²) in [6.45, 7) is 0. The van der Waals surface area contributed by atoms with Gasteiger partial charge in [-0.05, 0) is 0 Å². The molecule has 0 fully saturated rings. The number of hydrogen-bond acceptors (Lipinski definition) is 5. The van der Waals surface area contributed by atoms with Gasteiger partial charge in [-0.3, -0.25) is 4.79 Å². The highest BCUT2D eigenvalue weighted by molar-refractivity contribution is 5.80. The van der Waals surface area contributed by atoms with Crippen LogP contribution in [0.15, 0.2) is 0 Å². The Kier molecular flexibility index (Phi) is 3.66. The van der Waals surface area contributed by atoms with Gasteiger partial charge in [0.1, 0.15) is 12.2 Å². The van der Waals surface area contributed by atoms with Crippen molar-refractivity contribution in [1.82, 2.24) is 0 Å². The lowest BCUT2D eigenvalue weighted by Gasteiger charge is -2.16. The number of rotatable bonds is 4. The molecule has 0 rings (SSSR count). The molecule has 0 bridgehead atoms. The summed E-state index contributed by atoms with van der Waals surface area (Å²) in [4.78, 5) is 10.2. The summed E-state index contributed by atoms with van der Waals surface area (Å²) in [6, 6.07) is 0. The molecule has 64 valence electrons. The summed E-state index contributed by atoms with van der Waals surface area (Å²) in [7, 11) is 0. The monoisotopic (exact) mass is 162 g/mol. The summed E-state index contributed by atoms with van der Waals surface area (Å²) in [5.74, 6) is -1.14. The van der Waals surface area contributed by atoms with Crippen molar-refractivity contribution in [3.05, 3.63) is 0 Å². The Morgan fingerprint density at radius 3 is 2.18 bits per heavy atom. The van der Waals surface area contributed by atoms with Gasteiger partial charge in [0.2, 0.25) is 5.91 Å². The highest BCUT2D eigenvalue weighted by Crippen LogP contribution is 1.96. The van der Waals surface area contributed by atoms with Gasteiger partial charge in [-0.2, -0.15) is 0 Å². The summed E-state index contributed by atoms with van der Waals surface area (Å²) < 4.78 is 0. The molecule has 0 heterocycles. The highest BCUT2D eigenvalue weighted by atomic mass is 16.4. The molecule has 0 aliphatic heterocycles. The molecule has 0 aromatic carbocycles. The Hall–Kier alpha value is -0.980. The van der Waals surface area contributed by atoms with Crippen molar-refractivity contribution in [3.63, 3.8) is 0 Å². The van der Waals surface area contributed by atoms with E-state index in [2.05, 4.69) is 5.73 Å². The third kappa shape index (κ3) is 2.62. The number of nitrogens with two attached hydrogens (primary N) is 1. The van der Waals surface area contributed by atoms with Crippen LogP contribution in [0.4, 0.5) is 0 Å². The maximum atomic E-state index is 10.2. The van der Waals surface area contributed by atoms with Crippen LogP contribution >= 0.6 is 0 Å². The van der Waals surface area contributed by atoms with Gasteiger partial charge in [0.05, 0.1) is 0 Å². The molecule has 6 heteroatoms. The van der Waals surface area contributed by atoms with Crippen LogP contribution < -0.4 is 5.73 Å². The molecule has 11 heavy (non-hydrogen) atoms. The van der Waals surface area contributed by atoms with E-state index in [-0.39, 0.29) is 0 Å². The maximum Gasteiger partial charge on any atom is 0.249 e. The average molecular weight is 162 g/mol. The Balaban J connectivity index is 4.11. The lowest BCUT2D eigenvalue weighted by atomic mass is 10.1. The molecule has 1 amide bonds. The van der Waals surface area contributed by atoms with Crippen molar-refractivity contribution in [2.75, 3.05) is 0 Å². The maximum absolute atomic E-state index is 10.2. The summed E-state index contributed by atoms with van der Waals surface area (Å²) in [5.41, 5.74) is 4.59. The molecular weight excluding hydrogens is 152 g/mol. The Bertz CT molecular complexity index is 161. The molecule has 6 N–H and O–H groups in total. The number of aliphatic hydroxyl groups is 3. The Morgan fingerprint density at radius 2 is 1.91 bits per heavy atom. The number of amides is 1. The average Bonchev–Trinajstić information content (AvgIpc) is 2.00. The van der Waals surface area contributed by atoms with E-state index in [1.807, 2.05) is 0 Å². The zero-order valence-electron chi connectivity index (χ0n) is 5.64. The van der Waals surface area contributed by atoms with E-state index in [4.69, 9.17) is 20.7 Å². The van der Waals surface area contributed by atoms with Crippen molar-refractivity contribution < 1.29 is 20.1 Å². The van der Waals surface area contributed by atoms with Crippen LogP contribution in [0.2, 0.25) is 0 Å². The van der Waals surface area contributed by atoms with E-state index in [0.29, 0.717) is 6.21 Å². The normalized spacial score (nSPS) is 18.5. The predicted octanol–water partition coefficient (Wildman–Crippen LogP) is -2.80. The van der Waals surface area contributed by atoms with Crippen LogP contribution in [0.3, 0.4) is 0 Å². The van der Waals surface area contributed by atoms with Crippen LogP contribution in [-0.4, -0.2) is 45.8 Å². The van der Waals surface area contributed by atoms with E-state index in [0.717, 1.165) is 0 Å². The fourth-order valence-electron chi connectivity index (χ4n) is 0.454. The van der Waals surface area contributed by atoms with Crippen molar-refractivity contribution in [1.29, 1.82) is 5.41 Å². The van der Waals surface area contributed by atoms with Gasteiger partial charge >= 0.3 is 0 Å². The molecule has 0 radical (unpaired) electrons. The second-order valence-electron chi connectivity index (χ2n) is 2.00. The quantitative estimate of drug-likeness (QED) is 0.286. The van der Waals surface area contributed by atoms with Gasteiger partial charge in [-0.1, -0.05) is 0 Å². The first-order chi connectivity index (χ1) is 5.00. The fraction of sp³-hybridized carbons (Fsp3) is 0.600. The van der Waals surface area contributed by atoms with Gasteiger partial charge in [0, 0.05) is 6.21 Å². The molecule has 6 nitrogen and oxygen atoms in total. The van der Waals surface area contributed by atoms with Crippen LogP contribution in [0, 0.1) is 5.41 Å². The minimum absolute atomic E-state index is 0.497. The molecular formula is C5H10N2O4. The largest absolute Gasteiger partial charge is 0.387 e. The topological polar surface area (TPSA) is 128 Å². The Morgan fingerprint density at radius 1 is 1.45 bits per heavy atom. The van der Waals surface area contributed by atoms with Gasteiger partial charge < -0.3 is 26.5 Å². The highest BCUT2D eigenvalue weighted by Gasteiger charge is 2.26. The van der Waals surface area contributed by atoms with Crippen molar-refractivity contribution in [3.8, 4) is 0 Å². The molecule has 3 atom stereocenters. The summed E-state index contributed by atoms with van der Waals surface area (Å²) in [5, 5.41) is 32.7. The van der Waals surface area contributed by atoms with Crippen LogP contribution in [0.5, 0.6) is 0 Å². The standard InChI is InChI=1S/C5H10N2O4/c6-1-2(8)3(9)4(10)5(7)11/h1-4,6,8-10H,(H2,7,11)/t2-,3-,4+/m1/s1. The third-order valence-electron chi connectivity index (χ3n) is 1.14. The molecule has 0 spiro atoms. The van der Waals surface area contributed by atoms with E-state index < -0.39 is 24.2 Å². The van der Waals surface area contributed by atoms with Gasteiger partial charge in [0.25, 0.3) is 0 Å². The molecule has 0 aromatic heterocycles. The number of aliphatic hydroxyl groups excluding tert-OH is 3. The van der Waals surface area contributed by atoms with Crippen LogP contribution in [0.1, 0.15) is 0 Å². The van der Waals surface area contributed by atoms with E-state index >= 15 is 0 Å². The third-order valence-corrected chi connectivity index (χ3v) is 1.14. The van der Waals surface area contributed by atoms with Gasteiger partial charge in [-0.15, -0.1) is 0 Å². The SMILES string of the molecule is N=C[C@@H](O)[C@@H](O)[C@H](O)C(N)=O. The predicted molar refractivity (Wildman–Crippen MR) is 36.0 cm³/mol. The summed E-state index contributed by atoms with van der Waals surface area (Å²) >= 11 is 0. The number of carbonyl (C=O) groups excluding carboxylic acids is 1. The van der Waals surface area contributed by atoms with Crippen molar-refractivity contribution >= 4 is 12.1 Å². The molecule has 0 unspecified atom stereocenters. The molecule has 0 aromatic rings. The lowest BCUT2D eigenvalue weighted by Crippen LogP contribution is -2.45. The number of hydrogen-bond donors (Lipinski definition) is 5. The van der Waals surface area contributed by atoms with Crippen molar-refractivity contribution in [2.45, 2.75) is 18.3 Å². The van der Waals surface area contributed by atoms with Crippen LogP contribution in [0.25, 0.3) is 0 Å². The molecule has 0 saturated heterocycles. The lowest BCUT2D eigenvalue weighted by molar-refractivity contribution is -0.134.